The van der Waals surface area contributed by atoms with Gasteiger partial charge in [0.2, 0.25) is 0 Å². The van der Waals surface area contributed by atoms with E-state index in [0.717, 1.165) is 38.5 Å². The largest absolute Gasteiger partial charge is 0.444 e. The normalized spacial score (nSPS) is 25.1. The van der Waals surface area contributed by atoms with Gasteiger partial charge >= 0.3 is 12.2 Å². The van der Waals surface area contributed by atoms with Gasteiger partial charge in [0.05, 0.1) is 0 Å². The first-order valence-electron chi connectivity index (χ1n) is 12.2. The Balaban J connectivity index is 0. The molecule has 2 aliphatic rings. The lowest BCUT2D eigenvalue weighted by atomic mass is 9.96. The van der Waals surface area contributed by atoms with Gasteiger partial charge in [-0.15, -0.1) is 24.8 Å². The zero-order valence-corrected chi connectivity index (χ0v) is 24.1. The summed E-state index contributed by atoms with van der Waals surface area (Å²) in [5.74, 6) is 0. The highest BCUT2D eigenvalue weighted by Gasteiger charge is 2.33. The second-order valence-electron chi connectivity index (χ2n) is 11.0. The van der Waals surface area contributed by atoms with Crippen molar-refractivity contribution in [2.45, 2.75) is 129 Å². The monoisotopic (exact) mass is 528 g/mol. The molecule has 0 aromatic carbocycles. The second kappa shape index (κ2) is 15.2. The number of ether oxygens (including phenoxy) is 2. The van der Waals surface area contributed by atoms with E-state index in [1.165, 1.54) is 0 Å². The number of likely N-dealkylation sites (tertiary alicyclic amines) is 2. The lowest BCUT2D eigenvalue weighted by molar-refractivity contribution is 0.00682. The molecule has 10 heteroatoms. The highest BCUT2D eigenvalue weighted by atomic mass is 35.5. The van der Waals surface area contributed by atoms with Gasteiger partial charge in [-0.25, -0.2) is 9.59 Å². The molecule has 2 aliphatic heterocycles. The summed E-state index contributed by atoms with van der Waals surface area (Å²) in [6.07, 6.45) is 4.98. The fraction of sp³-hybridized carbons (Fsp3) is 0.917. The summed E-state index contributed by atoms with van der Waals surface area (Å²) >= 11 is 0. The first kappa shape index (κ1) is 35.2. The molecule has 0 spiro atoms. The van der Waals surface area contributed by atoms with Crippen LogP contribution in [-0.4, -0.2) is 70.4 Å². The molecule has 0 aliphatic carbocycles. The Morgan fingerprint density at radius 3 is 1.26 bits per heavy atom. The standard InChI is InChI=1S/2C12H24N2O2.2ClH/c2*1-5-10-8-9(13)6-7-14(10)11(15)16-12(2,3)4;;/h2*9-10H,5-8,13H2,1-4H3;2*1H/t2*9-,10-;;/m10../s1. The van der Waals surface area contributed by atoms with Gasteiger partial charge in [-0.1, -0.05) is 13.8 Å². The Bertz CT molecular complexity index is 559. The minimum Gasteiger partial charge on any atom is -0.444 e. The molecule has 204 valence electrons. The van der Waals surface area contributed by atoms with E-state index >= 15 is 0 Å². The minimum absolute atomic E-state index is 0. The highest BCUT2D eigenvalue weighted by Crippen LogP contribution is 2.23. The molecule has 2 heterocycles. The van der Waals surface area contributed by atoms with E-state index in [9.17, 15) is 9.59 Å². The van der Waals surface area contributed by atoms with Crippen LogP contribution >= 0.6 is 24.8 Å². The quantitative estimate of drug-likeness (QED) is 0.516. The van der Waals surface area contributed by atoms with Gasteiger partial charge < -0.3 is 30.7 Å². The smallest absolute Gasteiger partial charge is 0.410 e. The number of nitrogens with two attached hydrogens (primary N) is 2. The van der Waals surface area contributed by atoms with Crippen LogP contribution in [0.5, 0.6) is 0 Å². The summed E-state index contributed by atoms with van der Waals surface area (Å²) in [6.45, 7) is 16.9. The predicted octanol–water partition coefficient (Wildman–Crippen LogP) is 5.09. The van der Waals surface area contributed by atoms with Crippen LogP contribution in [0.4, 0.5) is 9.59 Å². The minimum atomic E-state index is -0.422. The van der Waals surface area contributed by atoms with Crippen molar-refractivity contribution in [3.8, 4) is 0 Å². The van der Waals surface area contributed by atoms with Crippen molar-refractivity contribution >= 4 is 37.0 Å². The summed E-state index contributed by atoms with van der Waals surface area (Å²) in [5.41, 5.74) is 11.0. The zero-order chi connectivity index (χ0) is 24.7. The van der Waals surface area contributed by atoms with E-state index in [0.29, 0.717) is 13.1 Å². The molecule has 2 saturated heterocycles. The summed E-state index contributed by atoms with van der Waals surface area (Å²) in [4.78, 5) is 27.6. The van der Waals surface area contributed by atoms with E-state index in [1.807, 2.05) is 51.3 Å². The predicted molar refractivity (Wildman–Crippen MR) is 143 cm³/mol. The van der Waals surface area contributed by atoms with Crippen LogP contribution in [0.1, 0.15) is 93.9 Å². The van der Waals surface area contributed by atoms with Gasteiger partial charge in [0.15, 0.2) is 0 Å². The molecular formula is C24H50Cl2N4O4. The van der Waals surface area contributed by atoms with E-state index in [4.69, 9.17) is 20.9 Å². The maximum Gasteiger partial charge on any atom is 0.410 e. The Kier molecular flexibility index (Phi) is 15.8. The fourth-order valence-electron chi connectivity index (χ4n) is 4.06. The summed E-state index contributed by atoms with van der Waals surface area (Å²) < 4.78 is 10.8. The van der Waals surface area contributed by atoms with Gasteiger partial charge in [-0.3, -0.25) is 0 Å². The first-order chi connectivity index (χ1) is 14.7. The number of halogens is 2. The van der Waals surface area contributed by atoms with E-state index in [1.54, 1.807) is 0 Å². The van der Waals surface area contributed by atoms with Crippen molar-refractivity contribution in [2.75, 3.05) is 13.1 Å². The number of carbonyl (C=O) groups is 2. The van der Waals surface area contributed by atoms with Crippen molar-refractivity contribution in [3.05, 3.63) is 0 Å². The Morgan fingerprint density at radius 2 is 1.03 bits per heavy atom. The van der Waals surface area contributed by atoms with Crippen LogP contribution in [0.15, 0.2) is 0 Å². The summed E-state index contributed by atoms with van der Waals surface area (Å²) in [6, 6.07) is 0.921. The van der Waals surface area contributed by atoms with E-state index in [-0.39, 0.29) is 61.2 Å². The Morgan fingerprint density at radius 1 is 0.735 bits per heavy atom. The topological polar surface area (TPSA) is 111 Å². The van der Waals surface area contributed by atoms with Crippen molar-refractivity contribution in [3.63, 3.8) is 0 Å². The zero-order valence-electron chi connectivity index (χ0n) is 22.5. The van der Waals surface area contributed by atoms with Gasteiger partial charge in [-0.2, -0.15) is 0 Å². The molecule has 2 rings (SSSR count). The SMILES string of the molecule is CC[C@@H]1C[C@H](N)CCN1C(=O)OC(C)(C)C.CC[C@H]1C[C@@H](N)CCN1C(=O)OC(C)(C)C.Cl.Cl. The molecule has 0 radical (unpaired) electrons. The molecular weight excluding hydrogens is 479 g/mol. The molecule has 8 nitrogen and oxygen atoms in total. The number of nitrogens with zero attached hydrogens (tertiary/aromatic N) is 2. The number of carbonyl (C=O) groups excluding carboxylic acids is 2. The first-order valence-corrected chi connectivity index (χ1v) is 12.2. The maximum absolute atomic E-state index is 12.0. The van der Waals surface area contributed by atoms with Crippen molar-refractivity contribution in [1.82, 2.24) is 9.80 Å². The third kappa shape index (κ3) is 12.7. The van der Waals surface area contributed by atoms with Crippen molar-refractivity contribution < 1.29 is 19.1 Å². The van der Waals surface area contributed by atoms with Gasteiger partial charge in [-0.05, 0) is 80.1 Å². The van der Waals surface area contributed by atoms with Crippen molar-refractivity contribution in [1.29, 1.82) is 0 Å². The lowest BCUT2D eigenvalue weighted by Gasteiger charge is -2.38. The van der Waals surface area contributed by atoms with Crippen LogP contribution in [-0.2, 0) is 9.47 Å². The molecule has 0 aromatic heterocycles. The lowest BCUT2D eigenvalue weighted by Crippen LogP contribution is -2.50. The van der Waals surface area contributed by atoms with E-state index in [2.05, 4.69) is 13.8 Å². The van der Waals surface area contributed by atoms with Crippen LogP contribution in [0.2, 0.25) is 0 Å². The van der Waals surface area contributed by atoms with Crippen LogP contribution < -0.4 is 11.5 Å². The summed E-state index contributed by atoms with van der Waals surface area (Å²) in [5, 5.41) is 0. The van der Waals surface area contributed by atoms with Crippen LogP contribution in [0, 0.1) is 0 Å². The average molecular weight is 530 g/mol. The maximum atomic E-state index is 12.0. The molecule has 4 atom stereocenters. The molecule has 0 unspecified atom stereocenters. The summed E-state index contributed by atoms with van der Waals surface area (Å²) in [7, 11) is 0. The van der Waals surface area contributed by atoms with E-state index < -0.39 is 11.2 Å². The third-order valence-electron chi connectivity index (χ3n) is 5.71. The number of amides is 2. The molecule has 0 bridgehead atoms. The average Bonchev–Trinajstić information content (AvgIpc) is 2.65. The van der Waals surface area contributed by atoms with Gasteiger partial charge in [0, 0.05) is 37.3 Å². The van der Waals surface area contributed by atoms with Crippen LogP contribution in [0.3, 0.4) is 0 Å². The molecule has 2 fully saturated rings. The molecule has 0 aromatic rings. The Labute approximate surface area is 219 Å². The van der Waals surface area contributed by atoms with Crippen LogP contribution in [0.25, 0.3) is 0 Å². The second-order valence-corrected chi connectivity index (χ2v) is 11.0. The number of hydrogen-bond donors (Lipinski definition) is 2. The number of hydrogen-bond acceptors (Lipinski definition) is 6. The third-order valence-corrected chi connectivity index (χ3v) is 5.71. The molecule has 34 heavy (non-hydrogen) atoms. The fourth-order valence-corrected chi connectivity index (χ4v) is 4.06. The molecule has 0 saturated carbocycles. The number of rotatable bonds is 2. The highest BCUT2D eigenvalue weighted by molar-refractivity contribution is 5.85. The molecule has 4 N–H and O–H groups in total. The van der Waals surface area contributed by atoms with Gasteiger partial charge in [0.1, 0.15) is 11.2 Å². The van der Waals surface area contributed by atoms with Gasteiger partial charge in [0.25, 0.3) is 0 Å². The van der Waals surface area contributed by atoms with Crippen molar-refractivity contribution in [2.24, 2.45) is 11.5 Å². The number of piperidine rings is 2. The Hall–Kier alpha value is -0.960. The molecule has 2 amide bonds.